The Balaban J connectivity index is 2.38. The van der Waals surface area contributed by atoms with E-state index in [0.29, 0.717) is 12.8 Å². The fraction of sp³-hybridized carbons (Fsp3) is 0.857. The van der Waals surface area contributed by atoms with Gasteiger partial charge in [0.1, 0.15) is 0 Å². The van der Waals surface area contributed by atoms with Gasteiger partial charge in [0.15, 0.2) is 0 Å². The van der Waals surface area contributed by atoms with Crippen LogP contribution < -0.4 is 5.32 Å². The molecule has 0 spiro atoms. The summed E-state index contributed by atoms with van der Waals surface area (Å²) in [5.41, 5.74) is 0. The van der Waals surface area contributed by atoms with Gasteiger partial charge in [0.2, 0.25) is 5.91 Å². The monoisotopic (exact) mass is 255 g/mol. The Morgan fingerprint density at radius 3 is 2.61 bits per heavy atom. The van der Waals surface area contributed by atoms with E-state index in [9.17, 15) is 9.59 Å². The number of carboxylic acids is 1. The number of unbranched alkanes of at least 4 members (excludes halogenated alkanes) is 1. The first-order valence-electron chi connectivity index (χ1n) is 7.07. The number of hydrogen-bond acceptors (Lipinski definition) is 2. The molecule has 0 aliphatic heterocycles. The van der Waals surface area contributed by atoms with E-state index in [-0.39, 0.29) is 23.8 Å². The van der Waals surface area contributed by atoms with Crippen molar-refractivity contribution in [1.82, 2.24) is 5.32 Å². The van der Waals surface area contributed by atoms with Gasteiger partial charge >= 0.3 is 5.97 Å². The number of nitrogens with one attached hydrogen (secondary N) is 1. The van der Waals surface area contributed by atoms with Crippen LogP contribution in [0.2, 0.25) is 0 Å². The first-order chi connectivity index (χ1) is 8.54. The van der Waals surface area contributed by atoms with E-state index in [1.165, 1.54) is 0 Å². The maximum Gasteiger partial charge on any atom is 0.306 e. The van der Waals surface area contributed by atoms with Crippen LogP contribution in [-0.2, 0) is 9.59 Å². The number of carbonyl (C=O) groups excluding carboxylic acids is 1. The third-order valence-corrected chi connectivity index (χ3v) is 3.77. The second-order valence-corrected chi connectivity index (χ2v) is 5.45. The summed E-state index contributed by atoms with van der Waals surface area (Å²) in [6.07, 6.45) is 6.13. The minimum Gasteiger partial charge on any atom is -0.481 e. The smallest absolute Gasteiger partial charge is 0.306 e. The molecule has 0 aromatic rings. The van der Waals surface area contributed by atoms with Gasteiger partial charge in [-0.25, -0.2) is 0 Å². The highest BCUT2D eigenvalue weighted by Crippen LogP contribution is 2.29. The van der Waals surface area contributed by atoms with Gasteiger partial charge in [-0.1, -0.05) is 26.2 Å². The van der Waals surface area contributed by atoms with E-state index in [1.807, 2.05) is 6.92 Å². The van der Waals surface area contributed by atoms with Crippen LogP contribution in [0.3, 0.4) is 0 Å². The van der Waals surface area contributed by atoms with Gasteiger partial charge < -0.3 is 10.4 Å². The summed E-state index contributed by atoms with van der Waals surface area (Å²) in [5.74, 6) is -1.15. The lowest BCUT2D eigenvalue weighted by Crippen LogP contribution is -2.39. The Labute approximate surface area is 109 Å². The molecular formula is C14H25NO3. The molecule has 0 heterocycles. The second-order valence-electron chi connectivity index (χ2n) is 5.45. The number of rotatable bonds is 6. The van der Waals surface area contributed by atoms with Crippen LogP contribution in [0, 0.1) is 11.8 Å². The van der Waals surface area contributed by atoms with Gasteiger partial charge in [0, 0.05) is 12.0 Å². The van der Waals surface area contributed by atoms with E-state index >= 15 is 0 Å². The highest BCUT2D eigenvalue weighted by atomic mass is 16.4. The minimum absolute atomic E-state index is 0.0459. The SMILES string of the molecule is CCCCC(C)NC(=O)C1CCCC(C(=O)O)C1. The van der Waals surface area contributed by atoms with Gasteiger partial charge in [-0.2, -0.15) is 0 Å². The fourth-order valence-electron chi connectivity index (χ4n) is 2.60. The zero-order chi connectivity index (χ0) is 13.5. The van der Waals surface area contributed by atoms with E-state index in [4.69, 9.17) is 5.11 Å². The number of carbonyl (C=O) groups is 2. The van der Waals surface area contributed by atoms with Crippen LogP contribution in [0.1, 0.15) is 58.8 Å². The highest BCUT2D eigenvalue weighted by molar-refractivity contribution is 5.80. The van der Waals surface area contributed by atoms with Crippen LogP contribution in [0.4, 0.5) is 0 Å². The van der Waals surface area contributed by atoms with Crippen LogP contribution in [-0.4, -0.2) is 23.0 Å². The fourth-order valence-corrected chi connectivity index (χ4v) is 2.60. The third-order valence-electron chi connectivity index (χ3n) is 3.77. The van der Waals surface area contributed by atoms with Gasteiger partial charge in [-0.3, -0.25) is 9.59 Å². The van der Waals surface area contributed by atoms with Crippen LogP contribution in [0.5, 0.6) is 0 Å². The zero-order valence-corrected chi connectivity index (χ0v) is 11.4. The lowest BCUT2D eigenvalue weighted by molar-refractivity contribution is -0.144. The molecule has 1 aliphatic rings. The quantitative estimate of drug-likeness (QED) is 0.766. The molecule has 4 heteroatoms. The van der Waals surface area contributed by atoms with Crippen LogP contribution in [0.15, 0.2) is 0 Å². The predicted octanol–water partition coefficient (Wildman–Crippen LogP) is 2.57. The number of aliphatic carboxylic acids is 1. The largest absolute Gasteiger partial charge is 0.481 e. The van der Waals surface area contributed by atoms with E-state index in [0.717, 1.165) is 32.1 Å². The molecule has 3 unspecified atom stereocenters. The second kappa shape index (κ2) is 7.39. The molecule has 1 rings (SSSR count). The van der Waals surface area contributed by atoms with Crippen molar-refractivity contribution in [3.63, 3.8) is 0 Å². The van der Waals surface area contributed by atoms with Gasteiger partial charge in [0.05, 0.1) is 5.92 Å². The Bertz CT molecular complexity index is 291. The molecule has 4 nitrogen and oxygen atoms in total. The summed E-state index contributed by atoms with van der Waals surface area (Å²) >= 11 is 0. The average Bonchev–Trinajstić information content (AvgIpc) is 2.36. The van der Waals surface area contributed by atoms with E-state index in [1.54, 1.807) is 0 Å². The van der Waals surface area contributed by atoms with Crippen molar-refractivity contribution in [2.75, 3.05) is 0 Å². The topological polar surface area (TPSA) is 66.4 Å². The molecule has 18 heavy (non-hydrogen) atoms. The first kappa shape index (κ1) is 15.0. The predicted molar refractivity (Wildman–Crippen MR) is 70.2 cm³/mol. The molecule has 1 amide bonds. The molecule has 1 fully saturated rings. The maximum absolute atomic E-state index is 12.0. The van der Waals surface area contributed by atoms with Crippen molar-refractivity contribution in [3.05, 3.63) is 0 Å². The van der Waals surface area contributed by atoms with Crippen molar-refractivity contribution in [2.24, 2.45) is 11.8 Å². The van der Waals surface area contributed by atoms with Gasteiger partial charge in [-0.05, 0) is 32.6 Å². The summed E-state index contributed by atoms with van der Waals surface area (Å²) in [4.78, 5) is 23.0. The molecule has 1 saturated carbocycles. The molecule has 104 valence electrons. The molecule has 0 aromatic heterocycles. The number of carboxylic acid groups (broad SMARTS) is 1. The van der Waals surface area contributed by atoms with Crippen molar-refractivity contribution >= 4 is 11.9 Å². The minimum atomic E-state index is -0.758. The van der Waals surface area contributed by atoms with Gasteiger partial charge in [-0.15, -0.1) is 0 Å². The highest BCUT2D eigenvalue weighted by Gasteiger charge is 2.31. The van der Waals surface area contributed by atoms with E-state index < -0.39 is 5.97 Å². The molecule has 0 radical (unpaired) electrons. The van der Waals surface area contributed by atoms with Crippen LogP contribution >= 0.6 is 0 Å². The Kier molecular flexibility index (Phi) is 6.16. The number of amides is 1. The standard InChI is InChI=1S/C14H25NO3/c1-3-4-6-10(2)15-13(16)11-7-5-8-12(9-11)14(17)18/h10-12H,3-9H2,1-2H3,(H,15,16)(H,17,18). The zero-order valence-electron chi connectivity index (χ0n) is 11.4. The van der Waals surface area contributed by atoms with Crippen molar-refractivity contribution < 1.29 is 14.7 Å². The summed E-state index contributed by atoms with van der Waals surface area (Å²) in [7, 11) is 0. The Morgan fingerprint density at radius 1 is 1.33 bits per heavy atom. The lowest BCUT2D eigenvalue weighted by Gasteiger charge is -2.27. The summed E-state index contributed by atoms with van der Waals surface area (Å²) < 4.78 is 0. The average molecular weight is 255 g/mol. The van der Waals surface area contributed by atoms with Crippen molar-refractivity contribution in [2.45, 2.75) is 64.8 Å². The van der Waals surface area contributed by atoms with E-state index in [2.05, 4.69) is 12.2 Å². The summed E-state index contributed by atoms with van der Waals surface area (Å²) in [6.45, 7) is 4.15. The molecule has 3 atom stereocenters. The molecule has 2 N–H and O–H groups in total. The molecule has 0 aromatic carbocycles. The molecular weight excluding hydrogens is 230 g/mol. The maximum atomic E-state index is 12.0. The lowest BCUT2D eigenvalue weighted by atomic mass is 9.81. The first-order valence-corrected chi connectivity index (χ1v) is 7.07. The normalized spacial score (nSPS) is 25.4. The van der Waals surface area contributed by atoms with Gasteiger partial charge in [0.25, 0.3) is 0 Å². The Morgan fingerprint density at radius 2 is 2.00 bits per heavy atom. The van der Waals surface area contributed by atoms with Crippen molar-refractivity contribution in [3.8, 4) is 0 Å². The summed E-state index contributed by atoms with van der Waals surface area (Å²) in [5, 5.41) is 12.0. The number of hydrogen-bond donors (Lipinski definition) is 2. The Hall–Kier alpha value is -1.06. The van der Waals surface area contributed by atoms with Crippen LogP contribution in [0.25, 0.3) is 0 Å². The molecule has 0 bridgehead atoms. The molecule has 1 aliphatic carbocycles. The summed E-state index contributed by atoms with van der Waals surface area (Å²) in [6, 6.07) is 0.197. The molecule has 0 saturated heterocycles. The van der Waals surface area contributed by atoms with Crippen molar-refractivity contribution in [1.29, 1.82) is 0 Å². The third kappa shape index (κ3) is 4.67.